The van der Waals surface area contributed by atoms with E-state index >= 15 is 0 Å². The minimum absolute atomic E-state index is 0.0410. The standard InChI is InChI=1S/C15H10N2O4/c18-10-11-5-4-8-13(9-11)20-15-14(17(19)21-16-15)12-6-2-1-3-7-12/h1-10H. The topological polar surface area (TPSA) is 79.3 Å². The van der Waals surface area contributed by atoms with Crippen LogP contribution in [0, 0.1) is 5.21 Å². The Morgan fingerprint density at radius 2 is 1.95 bits per heavy atom. The van der Waals surface area contributed by atoms with Crippen molar-refractivity contribution in [2.45, 2.75) is 0 Å². The van der Waals surface area contributed by atoms with E-state index < -0.39 is 0 Å². The summed E-state index contributed by atoms with van der Waals surface area (Å²) in [5.74, 6) is 0.435. The van der Waals surface area contributed by atoms with Crippen LogP contribution < -0.4 is 9.64 Å². The molecule has 0 saturated carbocycles. The fourth-order valence-corrected chi connectivity index (χ4v) is 1.89. The molecule has 1 aromatic heterocycles. The number of benzene rings is 2. The normalized spacial score (nSPS) is 10.3. The van der Waals surface area contributed by atoms with Crippen LogP contribution >= 0.6 is 0 Å². The molecule has 0 fully saturated rings. The summed E-state index contributed by atoms with van der Waals surface area (Å²) < 4.78 is 10.1. The fourth-order valence-electron chi connectivity index (χ4n) is 1.89. The number of carbonyl (C=O) groups excluding carboxylic acids is 1. The molecule has 0 atom stereocenters. The molecule has 3 aromatic rings. The van der Waals surface area contributed by atoms with Crippen molar-refractivity contribution in [3.63, 3.8) is 0 Å². The summed E-state index contributed by atoms with van der Waals surface area (Å²) in [4.78, 5) is 11.0. The molecule has 104 valence electrons. The summed E-state index contributed by atoms with van der Waals surface area (Å²) in [6, 6.07) is 15.4. The van der Waals surface area contributed by atoms with Crippen LogP contribution in [0.4, 0.5) is 0 Å². The van der Waals surface area contributed by atoms with Crippen molar-refractivity contribution in [3.8, 4) is 22.9 Å². The zero-order valence-corrected chi connectivity index (χ0v) is 10.8. The number of hydrogen-bond acceptors (Lipinski definition) is 5. The Hall–Kier alpha value is -3.15. The van der Waals surface area contributed by atoms with Crippen LogP contribution in [-0.4, -0.2) is 11.4 Å². The highest BCUT2D eigenvalue weighted by Gasteiger charge is 2.23. The van der Waals surface area contributed by atoms with Crippen LogP contribution in [0.3, 0.4) is 0 Å². The largest absolute Gasteiger partial charge is 0.416 e. The molecule has 0 aliphatic rings. The first-order valence-corrected chi connectivity index (χ1v) is 6.16. The van der Waals surface area contributed by atoms with E-state index in [4.69, 9.17) is 4.74 Å². The highest BCUT2D eigenvalue weighted by atomic mass is 16.8. The van der Waals surface area contributed by atoms with E-state index in [1.54, 1.807) is 48.5 Å². The summed E-state index contributed by atoms with van der Waals surface area (Å²) >= 11 is 0. The fraction of sp³-hybridized carbons (Fsp3) is 0. The Morgan fingerprint density at radius 3 is 2.71 bits per heavy atom. The Bertz CT molecular complexity index is 768. The number of carbonyl (C=O) groups is 1. The van der Waals surface area contributed by atoms with Crippen LogP contribution in [0.15, 0.2) is 59.2 Å². The van der Waals surface area contributed by atoms with Crippen LogP contribution in [0.5, 0.6) is 11.6 Å². The second-order valence-corrected chi connectivity index (χ2v) is 4.24. The molecule has 0 radical (unpaired) electrons. The van der Waals surface area contributed by atoms with Crippen molar-refractivity contribution in [2.75, 3.05) is 0 Å². The number of aromatic nitrogens is 2. The summed E-state index contributed by atoms with van der Waals surface area (Å²) in [6.45, 7) is 0. The maximum atomic E-state index is 11.7. The molecule has 0 spiro atoms. The van der Waals surface area contributed by atoms with E-state index in [2.05, 4.69) is 9.79 Å². The van der Waals surface area contributed by atoms with Gasteiger partial charge in [0.05, 0.1) is 5.16 Å². The predicted molar refractivity (Wildman–Crippen MR) is 72.8 cm³/mol. The van der Waals surface area contributed by atoms with Gasteiger partial charge in [-0.3, -0.25) is 9.42 Å². The lowest BCUT2D eigenvalue weighted by Crippen LogP contribution is -2.25. The molecule has 21 heavy (non-hydrogen) atoms. The van der Waals surface area contributed by atoms with Gasteiger partial charge in [0.25, 0.3) is 5.69 Å². The highest BCUT2D eigenvalue weighted by molar-refractivity contribution is 5.75. The smallest absolute Gasteiger partial charge is 0.408 e. The quantitative estimate of drug-likeness (QED) is 0.542. The van der Waals surface area contributed by atoms with Gasteiger partial charge in [0, 0.05) is 11.1 Å². The number of nitrogens with zero attached hydrogens (tertiary/aromatic N) is 2. The van der Waals surface area contributed by atoms with Gasteiger partial charge < -0.3 is 9.94 Å². The van der Waals surface area contributed by atoms with E-state index in [1.165, 1.54) is 0 Å². The molecule has 0 unspecified atom stereocenters. The van der Waals surface area contributed by atoms with E-state index in [9.17, 15) is 10.0 Å². The third-order valence-corrected chi connectivity index (χ3v) is 2.84. The lowest BCUT2D eigenvalue weighted by atomic mass is 10.2. The van der Waals surface area contributed by atoms with Gasteiger partial charge in [-0.2, -0.15) is 0 Å². The molecule has 3 rings (SSSR count). The van der Waals surface area contributed by atoms with Gasteiger partial charge in [0.15, 0.2) is 0 Å². The first-order chi connectivity index (χ1) is 10.3. The van der Waals surface area contributed by atoms with Crippen molar-refractivity contribution in [2.24, 2.45) is 0 Å². The predicted octanol–water partition coefficient (Wildman–Crippen LogP) is 2.58. The molecule has 1 heterocycles. The van der Waals surface area contributed by atoms with Crippen molar-refractivity contribution in [1.29, 1.82) is 0 Å². The first-order valence-electron chi connectivity index (χ1n) is 6.16. The molecule has 0 aliphatic heterocycles. The Balaban J connectivity index is 1.98. The third kappa shape index (κ3) is 2.59. The maximum absolute atomic E-state index is 11.7. The summed E-state index contributed by atoms with van der Waals surface area (Å²) in [7, 11) is 0. The van der Waals surface area contributed by atoms with Crippen LogP contribution in [0.2, 0.25) is 0 Å². The van der Waals surface area contributed by atoms with Gasteiger partial charge in [-0.1, -0.05) is 42.5 Å². The Morgan fingerprint density at radius 1 is 1.14 bits per heavy atom. The Labute approximate surface area is 119 Å². The SMILES string of the molecule is O=Cc1cccc(Oc2no[n+]([O-])c2-c2ccccc2)c1. The minimum Gasteiger partial charge on any atom is -0.416 e. The second-order valence-electron chi connectivity index (χ2n) is 4.24. The molecule has 0 amide bonds. The molecule has 6 heteroatoms. The molecule has 0 bridgehead atoms. The van der Waals surface area contributed by atoms with Gasteiger partial charge in [-0.25, -0.2) is 0 Å². The molecule has 6 nitrogen and oxygen atoms in total. The van der Waals surface area contributed by atoms with Crippen LogP contribution in [-0.2, 0) is 0 Å². The van der Waals surface area contributed by atoms with Gasteiger partial charge in [0.1, 0.15) is 12.0 Å². The number of hydrogen-bond donors (Lipinski definition) is 0. The third-order valence-electron chi connectivity index (χ3n) is 2.84. The van der Waals surface area contributed by atoms with Crippen molar-refractivity contribution >= 4 is 6.29 Å². The summed E-state index contributed by atoms with van der Waals surface area (Å²) in [5.41, 5.74) is 1.26. The summed E-state index contributed by atoms with van der Waals surface area (Å²) in [6.07, 6.45) is 0.710. The van der Waals surface area contributed by atoms with Crippen molar-refractivity contribution in [3.05, 3.63) is 65.4 Å². The molecular formula is C15H10N2O4. The van der Waals surface area contributed by atoms with Gasteiger partial charge in [-0.05, 0) is 17.0 Å². The average molecular weight is 282 g/mol. The first kappa shape index (κ1) is 12.9. The average Bonchev–Trinajstić information content (AvgIpc) is 2.89. The molecule has 2 aromatic carbocycles. The minimum atomic E-state index is 0.0410. The lowest BCUT2D eigenvalue weighted by Gasteiger charge is -2.01. The maximum Gasteiger partial charge on any atom is 0.408 e. The summed E-state index contributed by atoms with van der Waals surface area (Å²) in [5, 5.41) is 15.3. The van der Waals surface area contributed by atoms with Crippen LogP contribution in [0.1, 0.15) is 10.4 Å². The number of aldehydes is 1. The molecular weight excluding hydrogens is 272 g/mol. The number of ether oxygens (including phenoxy) is 1. The zero-order chi connectivity index (χ0) is 14.7. The molecule has 0 saturated heterocycles. The lowest BCUT2D eigenvalue weighted by molar-refractivity contribution is -0.793. The van der Waals surface area contributed by atoms with Gasteiger partial charge in [0.2, 0.25) is 0 Å². The van der Waals surface area contributed by atoms with Crippen molar-refractivity contribution in [1.82, 2.24) is 5.16 Å². The molecule has 0 aliphatic carbocycles. The van der Waals surface area contributed by atoms with E-state index in [0.717, 1.165) is 0 Å². The zero-order valence-electron chi connectivity index (χ0n) is 10.8. The Kier molecular flexibility index (Phi) is 3.34. The van der Waals surface area contributed by atoms with E-state index in [-0.39, 0.29) is 16.5 Å². The monoisotopic (exact) mass is 282 g/mol. The van der Waals surface area contributed by atoms with Crippen LogP contribution in [0.25, 0.3) is 11.3 Å². The second kappa shape index (κ2) is 5.46. The van der Waals surface area contributed by atoms with E-state index in [1.807, 2.05) is 6.07 Å². The highest BCUT2D eigenvalue weighted by Crippen LogP contribution is 2.28. The van der Waals surface area contributed by atoms with Gasteiger partial charge >= 0.3 is 5.88 Å². The number of rotatable bonds is 4. The van der Waals surface area contributed by atoms with E-state index in [0.29, 0.717) is 23.2 Å². The van der Waals surface area contributed by atoms with Crippen molar-refractivity contribution < 1.29 is 19.1 Å². The molecule has 0 N–H and O–H groups in total. The van der Waals surface area contributed by atoms with Gasteiger partial charge in [-0.15, -0.1) is 0 Å².